The van der Waals surface area contributed by atoms with E-state index in [1.807, 2.05) is 36.5 Å². The second-order valence-corrected chi connectivity index (χ2v) is 7.50. The summed E-state index contributed by atoms with van der Waals surface area (Å²) in [7, 11) is 0. The Morgan fingerprint density at radius 1 is 0.967 bits per heavy atom. The molecule has 2 atom stereocenters. The van der Waals surface area contributed by atoms with E-state index in [9.17, 15) is 0 Å². The van der Waals surface area contributed by atoms with E-state index in [0.717, 1.165) is 33.7 Å². The molecule has 4 heterocycles. The molecule has 0 radical (unpaired) electrons. The quantitative estimate of drug-likeness (QED) is 0.555. The Morgan fingerprint density at radius 2 is 1.83 bits per heavy atom. The van der Waals surface area contributed by atoms with Crippen LogP contribution in [0.4, 0.5) is 5.95 Å². The summed E-state index contributed by atoms with van der Waals surface area (Å²) in [6.45, 7) is 2.08. The maximum atomic E-state index is 6.57. The molecule has 2 aromatic carbocycles. The maximum absolute atomic E-state index is 6.57. The Bertz CT molecular complexity index is 1260. The van der Waals surface area contributed by atoms with Gasteiger partial charge in [-0.15, -0.1) is 0 Å². The molecular weight excluding hydrogens is 376 g/mol. The van der Waals surface area contributed by atoms with Crippen molar-refractivity contribution in [2.75, 3.05) is 5.32 Å². The second-order valence-electron chi connectivity index (χ2n) is 7.50. The Kier molecular flexibility index (Phi) is 3.67. The number of para-hydroxylation sites is 1. The molecule has 146 valence electrons. The van der Waals surface area contributed by atoms with Crippen molar-refractivity contribution in [1.29, 1.82) is 0 Å². The molecule has 0 spiro atoms. The number of nitrogens with one attached hydrogen (secondary N) is 1. The molecule has 0 bridgehead atoms. The number of aryl methyl sites for hydroxylation is 1. The van der Waals surface area contributed by atoms with Crippen LogP contribution in [-0.2, 0) is 0 Å². The molecule has 2 aliphatic heterocycles. The molecule has 30 heavy (non-hydrogen) atoms. The van der Waals surface area contributed by atoms with Crippen LogP contribution in [0.1, 0.15) is 34.4 Å². The van der Waals surface area contributed by atoms with Gasteiger partial charge in [-0.25, -0.2) is 0 Å². The van der Waals surface area contributed by atoms with Crippen molar-refractivity contribution in [3.8, 4) is 5.75 Å². The fraction of sp³-hybridized carbons (Fsp3) is 0.130. The van der Waals surface area contributed by atoms with Crippen LogP contribution in [0.25, 0.3) is 5.70 Å². The number of tetrazole rings is 1. The predicted octanol–water partition coefficient (Wildman–Crippen LogP) is 3.94. The number of ether oxygens (including phenoxy) is 1. The van der Waals surface area contributed by atoms with E-state index in [1.165, 1.54) is 5.56 Å². The Labute approximate surface area is 173 Å². The number of rotatable bonds is 2. The molecule has 2 aromatic heterocycles. The zero-order chi connectivity index (χ0) is 20.1. The lowest BCUT2D eigenvalue weighted by atomic mass is 9.85. The SMILES string of the molecule is Cc1ccc([C@H]2Oc3ccccc3C3=C2[C@@H](c2cccnc2)n2nnnc2N3)cc1. The third-order valence-corrected chi connectivity index (χ3v) is 5.62. The fourth-order valence-electron chi connectivity index (χ4n) is 4.21. The Balaban J connectivity index is 1.63. The number of hydrogen-bond donors (Lipinski definition) is 1. The van der Waals surface area contributed by atoms with Crippen molar-refractivity contribution in [2.24, 2.45) is 0 Å². The molecule has 0 saturated heterocycles. The first-order valence-electron chi connectivity index (χ1n) is 9.81. The van der Waals surface area contributed by atoms with Crippen LogP contribution in [0.15, 0.2) is 78.6 Å². The zero-order valence-corrected chi connectivity index (χ0v) is 16.2. The maximum Gasteiger partial charge on any atom is 0.248 e. The minimum absolute atomic E-state index is 0.236. The standard InChI is InChI=1S/C23H18N6O/c1-14-8-10-15(11-9-14)22-19-20(17-6-2-3-7-18(17)30-22)25-23-26-27-28-29(23)21(19)16-5-4-12-24-13-16/h2-13,21-22H,1H3,(H,25,26,28)/t21-,22-/m1/s1. The average Bonchev–Trinajstić information content (AvgIpc) is 3.26. The Morgan fingerprint density at radius 3 is 2.67 bits per heavy atom. The van der Waals surface area contributed by atoms with Crippen molar-refractivity contribution in [3.63, 3.8) is 0 Å². The molecule has 0 saturated carbocycles. The lowest BCUT2D eigenvalue weighted by Crippen LogP contribution is -2.32. The van der Waals surface area contributed by atoms with Gasteiger partial charge in [0.25, 0.3) is 0 Å². The molecule has 4 aromatic rings. The lowest BCUT2D eigenvalue weighted by Gasteiger charge is -2.38. The highest BCUT2D eigenvalue weighted by atomic mass is 16.5. The van der Waals surface area contributed by atoms with E-state index in [-0.39, 0.29) is 12.1 Å². The summed E-state index contributed by atoms with van der Waals surface area (Å²) in [5.74, 6) is 1.43. The van der Waals surface area contributed by atoms with Crippen molar-refractivity contribution in [1.82, 2.24) is 25.2 Å². The van der Waals surface area contributed by atoms with E-state index in [1.54, 1.807) is 10.9 Å². The molecule has 2 aliphatic rings. The summed E-state index contributed by atoms with van der Waals surface area (Å²) in [4.78, 5) is 4.34. The summed E-state index contributed by atoms with van der Waals surface area (Å²) >= 11 is 0. The van der Waals surface area contributed by atoms with Gasteiger partial charge in [0.05, 0.1) is 5.70 Å². The first-order chi connectivity index (χ1) is 14.8. The molecule has 0 fully saturated rings. The van der Waals surface area contributed by atoms with Gasteiger partial charge in [-0.3, -0.25) is 4.98 Å². The third-order valence-electron chi connectivity index (χ3n) is 5.62. The first kappa shape index (κ1) is 16.9. The smallest absolute Gasteiger partial charge is 0.248 e. The van der Waals surface area contributed by atoms with E-state index in [2.05, 4.69) is 63.1 Å². The van der Waals surface area contributed by atoms with Crippen molar-refractivity contribution >= 4 is 11.6 Å². The van der Waals surface area contributed by atoms with Crippen molar-refractivity contribution < 1.29 is 4.74 Å². The summed E-state index contributed by atoms with van der Waals surface area (Å²) < 4.78 is 8.37. The summed E-state index contributed by atoms with van der Waals surface area (Å²) in [5.41, 5.74) is 6.33. The molecule has 1 N–H and O–H groups in total. The largest absolute Gasteiger partial charge is 0.480 e. The minimum Gasteiger partial charge on any atom is -0.480 e. The highest BCUT2D eigenvalue weighted by molar-refractivity contribution is 5.85. The fourth-order valence-corrected chi connectivity index (χ4v) is 4.21. The molecule has 0 aliphatic carbocycles. The molecule has 0 amide bonds. The summed E-state index contributed by atoms with van der Waals surface area (Å²) in [5, 5.41) is 15.8. The predicted molar refractivity (Wildman–Crippen MR) is 112 cm³/mol. The van der Waals surface area contributed by atoms with Crippen LogP contribution in [0.3, 0.4) is 0 Å². The van der Waals surface area contributed by atoms with E-state index in [0.29, 0.717) is 5.95 Å². The van der Waals surface area contributed by atoms with Crippen LogP contribution >= 0.6 is 0 Å². The van der Waals surface area contributed by atoms with Gasteiger partial charge >= 0.3 is 0 Å². The number of anilines is 1. The van der Waals surface area contributed by atoms with Crippen LogP contribution in [0, 0.1) is 6.92 Å². The molecule has 7 nitrogen and oxygen atoms in total. The van der Waals surface area contributed by atoms with Gasteiger partial charge < -0.3 is 10.1 Å². The van der Waals surface area contributed by atoms with Crippen molar-refractivity contribution in [2.45, 2.75) is 19.1 Å². The van der Waals surface area contributed by atoms with Gasteiger partial charge in [-0.1, -0.05) is 53.1 Å². The van der Waals surface area contributed by atoms with E-state index < -0.39 is 0 Å². The molecule has 7 heteroatoms. The van der Waals surface area contributed by atoms with Crippen LogP contribution < -0.4 is 10.1 Å². The number of pyridine rings is 1. The molecule has 6 rings (SSSR count). The van der Waals surface area contributed by atoms with Crippen molar-refractivity contribution in [3.05, 3.63) is 101 Å². The average molecular weight is 394 g/mol. The van der Waals surface area contributed by atoms with Gasteiger partial charge in [-0.2, -0.15) is 4.68 Å². The van der Waals surface area contributed by atoms with Gasteiger partial charge in [0, 0.05) is 23.5 Å². The highest BCUT2D eigenvalue weighted by Crippen LogP contribution is 2.50. The first-order valence-corrected chi connectivity index (χ1v) is 9.81. The second kappa shape index (κ2) is 6.52. The molecule has 0 unspecified atom stereocenters. The highest BCUT2D eigenvalue weighted by Gasteiger charge is 2.41. The molecular formula is C23H18N6O. The number of hydrogen-bond acceptors (Lipinski definition) is 6. The van der Waals surface area contributed by atoms with Gasteiger partial charge in [0.2, 0.25) is 5.95 Å². The van der Waals surface area contributed by atoms with Gasteiger partial charge in [0.1, 0.15) is 17.9 Å². The monoisotopic (exact) mass is 394 g/mol. The van der Waals surface area contributed by atoms with E-state index in [4.69, 9.17) is 4.74 Å². The third kappa shape index (κ3) is 2.52. The Hall–Kier alpha value is -4.00. The number of benzene rings is 2. The number of aromatic nitrogens is 5. The zero-order valence-electron chi connectivity index (χ0n) is 16.2. The number of nitrogens with zero attached hydrogens (tertiary/aromatic N) is 5. The normalized spacial score (nSPS) is 19.2. The topological polar surface area (TPSA) is 77.8 Å². The summed E-state index contributed by atoms with van der Waals surface area (Å²) in [6.07, 6.45) is 3.34. The van der Waals surface area contributed by atoms with Crippen LogP contribution in [0.2, 0.25) is 0 Å². The van der Waals surface area contributed by atoms with Gasteiger partial charge in [0.15, 0.2) is 0 Å². The van der Waals surface area contributed by atoms with Crippen LogP contribution in [0.5, 0.6) is 5.75 Å². The lowest BCUT2D eigenvalue weighted by molar-refractivity contribution is 0.222. The summed E-state index contributed by atoms with van der Waals surface area (Å²) in [6, 6.07) is 20.3. The number of fused-ring (bicyclic) bond motifs is 3. The minimum atomic E-state index is -0.287. The van der Waals surface area contributed by atoms with Crippen LogP contribution in [-0.4, -0.2) is 25.2 Å². The van der Waals surface area contributed by atoms with E-state index >= 15 is 0 Å². The van der Waals surface area contributed by atoms with Gasteiger partial charge in [-0.05, 0) is 46.7 Å².